The average molecular weight is 242 g/mol. The second-order valence-corrected chi connectivity index (χ2v) is 4.49. The number of hydrogen-bond donors (Lipinski definition) is 3. The highest BCUT2D eigenvalue weighted by atomic mass is 32.1. The van der Waals surface area contributed by atoms with Crippen LogP contribution in [0.3, 0.4) is 0 Å². The summed E-state index contributed by atoms with van der Waals surface area (Å²) in [4.78, 5) is 0.752. The molecule has 3 aromatic rings. The molecule has 0 fully saturated rings. The molecule has 84 valence electrons. The first-order valence-corrected chi connectivity index (χ1v) is 5.68. The number of rotatable bonds is 0. The van der Waals surface area contributed by atoms with Gasteiger partial charge in [0.25, 0.3) is 0 Å². The van der Waals surface area contributed by atoms with Crippen LogP contribution in [-0.2, 0) is 0 Å². The summed E-state index contributed by atoms with van der Waals surface area (Å²) in [6.45, 7) is 0. The van der Waals surface area contributed by atoms with Gasteiger partial charge in [0.05, 0.1) is 0 Å². The van der Waals surface area contributed by atoms with Gasteiger partial charge in [-0.05, 0) is 18.2 Å². The van der Waals surface area contributed by atoms with Gasteiger partial charge in [0.1, 0.15) is 11.5 Å². The largest absolute Gasteiger partial charge is 0.507 e. The molecule has 2 N–H and O–H groups in total. The Balaban J connectivity index is 2.63. The van der Waals surface area contributed by atoms with Gasteiger partial charge in [0.2, 0.25) is 0 Å². The molecule has 0 bridgehead atoms. The molecule has 0 aliphatic heterocycles. The number of phenolic OH excluding ortho intramolecular Hbond substituents is 2. The topological polar surface area (TPSA) is 40.5 Å². The van der Waals surface area contributed by atoms with Crippen molar-refractivity contribution in [2.24, 2.45) is 0 Å². The molecule has 0 aliphatic carbocycles. The lowest BCUT2D eigenvalue weighted by molar-refractivity contribution is 0.478. The highest BCUT2D eigenvalue weighted by Crippen LogP contribution is 2.41. The van der Waals surface area contributed by atoms with E-state index < -0.39 is 0 Å². The molecule has 0 unspecified atom stereocenters. The van der Waals surface area contributed by atoms with Crippen LogP contribution >= 0.6 is 12.6 Å². The van der Waals surface area contributed by atoms with E-state index in [1.807, 2.05) is 12.1 Å². The second-order valence-electron chi connectivity index (χ2n) is 3.97. The van der Waals surface area contributed by atoms with Gasteiger partial charge in [-0.1, -0.05) is 24.3 Å². The Bertz CT molecular complexity index is 735. The third kappa shape index (κ3) is 1.43. The number of fused-ring (bicyclic) bond motifs is 2. The highest BCUT2D eigenvalue weighted by Gasteiger charge is 2.11. The van der Waals surface area contributed by atoms with E-state index in [-0.39, 0.29) is 11.5 Å². The highest BCUT2D eigenvalue weighted by molar-refractivity contribution is 7.80. The third-order valence-electron chi connectivity index (χ3n) is 2.95. The Morgan fingerprint density at radius 3 is 1.88 bits per heavy atom. The summed E-state index contributed by atoms with van der Waals surface area (Å²) >= 11 is 4.24. The standard InChI is InChI=1S/C14H10O2S/c15-13-9-3-1-2-4-10(9)14(16)12-7-8(17)5-6-11(12)13/h1-7,15-17H. The molecule has 0 amide bonds. The van der Waals surface area contributed by atoms with E-state index >= 15 is 0 Å². The van der Waals surface area contributed by atoms with Gasteiger partial charge in [0.15, 0.2) is 0 Å². The van der Waals surface area contributed by atoms with Crippen LogP contribution in [0.4, 0.5) is 0 Å². The van der Waals surface area contributed by atoms with Crippen LogP contribution in [-0.4, -0.2) is 10.2 Å². The Kier molecular flexibility index (Phi) is 2.16. The van der Waals surface area contributed by atoms with Crippen molar-refractivity contribution in [1.29, 1.82) is 0 Å². The van der Waals surface area contributed by atoms with E-state index in [4.69, 9.17) is 0 Å². The number of phenols is 2. The summed E-state index contributed by atoms with van der Waals surface area (Å²) in [5, 5.41) is 23.0. The van der Waals surface area contributed by atoms with E-state index in [2.05, 4.69) is 12.6 Å². The van der Waals surface area contributed by atoms with Crippen LogP contribution in [0.2, 0.25) is 0 Å². The third-order valence-corrected chi connectivity index (χ3v) is 3.23. The molecule has 3 heteroatoms. The monoisotopic (exact) mass is 242 g/mol. The predicted octanol–water partition coefficient (Wildman–Crippen LogP) is 3.69. The molecule has 0 atom stereocenters. The molecule has 2 nitrogen and oxygen atoms in total. The Labute approximate surface area is 104 Å². The maximum Gasteiger partial charge on any atom is 0.131 e. The summed E-state index contributed by atoms with van der Waals surface area (Å²) in [7, 11) is 0. The molecule has 0 saturated carbocycles. The zero-order chi connectivity index (χ0) is 12.0. The fourth-order valence-electron chi connectivity index (χ4n) is 2.12. The molecule has 0 saturated heterocycles. The number of benzene rings is 3. The van der Waals surface area contributed by atoms with Gasteiger partial charge < -0.3 is 10.2 Å². The molecular weight excluding hydrogens is 232 g/mol. The Morgan fingerprint density at radius 2 is 1.24 bits per heavy atom. The molecule has 0 heterocycles. The lowest BCUT2D eigenvalue weighted by Crippen LogP contribution is -1.81. The minimum Gasteiger partial charge on any atom is -0.507 e. The molecule has 0 aromatic heterocycles. The summed E-state index contributed by atoms with van der Waals surface area (Å²) in [6.07, 6.45) is 0. The van der Waals surface area contributed by atoms with E-state index in [0.717, 1.165) is 4.90 Å². The van der Waals surface area contributed by atoms with Crippen molar-refractivity contribution in [2.45, 2.75) is 4.90 Å². The predicted molar refractivity (Wildman–Crippen MR) is 72.0 cm³/mol. The SMILES string of the molecule is Oc1c2ccccc2c(O)c2cc(S)ccc12. The fourth-order valence-corrected chi connectivity index (χ4v) is 2.32. The van der Waals surface area contributed by atoms with Crippen molar-refractivity contribution >= 4 is 34.2 Å². The van der Waals surface area contributed by atoms with Gasteiger partial charge in [-0.15, -0.1) is 12.6 Å². The maximum atomic E-state index is 10.2. The smallest absolute Gasteiger partial charge is 0.131 e. The van der Waals surface area contributed by atoms with Crippen LogP contribution in [0.25, 0.3) is 21.5 Å². The number of thiol groups is 1. The van der Waals surface area contributed by atoms with Crippen molar-refractivity contribution in [3.63, 3.8) is 0 Å². The lowest BCUT2D eigenvalue weighted by atomic mass is 10.0. The molecule has 17 heavy (non-hydrogen) atoms. The quantitative estimate of drug-likeness (QED) is 0.319. The summed E-state index contributed by atoms with van der Waals surface area (Å²) in [5.41, 5.74) is 0. The average Bonchev–Trinajstić information content (AvgIpc) is 2.36. The molecule has 0 spiro atoms. The zero-order valence-electron chi connectivity index (χ0n) is 8.88. The van der Waals surface area contributed by atoms with Crippen molar-refractivity contribution < 1.29 is 10.2 Å². The van der Waals surface area contributed by atoms with Crippen LogP contribution in [0.1, 0.15) is 0 Å². The maximum absolute atomic E-state index is 10.2. The molecule has 3 aromatic carbocycles. The first-order valence-electron chi connectivity index (χ1n) is 5.24. The molecule has 0 radical (unpaired) electrons. The normalized spacial score (nSPS) is 11.1. The van der Waals surface area contributed by atoms with Gasteiger partial charge in [0, 0.05) is 26.4 Å². The lowest BCUT2D eigenvalue weighted by Gasteiger charge is -2.09. The Morgan fingerprint density at radius 1 is 0.706 bits per heavy atom. The van der Waals surface area contributed by atoms with Crippen LogP contribution in [0, 0.1) is 0 Å². The second kappa shape index (κ2) is 3.57. The fraction of sp³-hybridized carbons (Fsp3) is 0. The van der Waals surface area contributed by atoms with E-state index in [9.17, 15) is 10.2 Å². The van der Waals surface area contributed by atoms with Gasteiger partial charge >= 0.3 is 0 Å². The Hall–Kier alpha value is -1.87. The van der Waals surface area contributed by atoms with Gasteiger partial charge in [-0.2, -0.15) is 0 Å². The van der Waals surface area contributed by atoms with Crippen LogP contribution < -0.4 is 0 Å². The summed E-state index contributed by atoms with van der Waals surface area (Å²) in [6, 6.07) is 12.5. The zero-order valence-corrected chi connectivity index (χ0v) is 9.78. The van der Waals surface area contributed by atoms with Gasteiger partial charge in [-0.3, -0.25) is 0 Å². The van der Waals surface area contributed by atoms with Crippen molar-refractivity contribution in [3.05, 3.63) is 42.5 Å². The number of hydrogen-bond acceptors (Lipinski definition) is 3. The van der Waals surface area contributed by atoms with Crippen molar-refractivity contribution in [2.75, 3.05) is 0 Å². The van der Waals surface area contributed by atoms with E-state index in [1.54, 1.807) is 30.3 Å². The van der Waals surface area contributed by atoms with Crippen LogP contribution in [0.15, 0.2) is 47.4 Å². The molecular formula is C14H10O2S. The minimum atomic E-state index is 0.185. The van der Waals surface area contributed by atoms with Crippen molar-refractivity contribution in [1.82, 2.24) is 0 Å². The summed E-state index contributed by atoms with van der Waals surface area (Å²) < 4.78 is 0. The van der Waals surface area contributed by atoms with E-state index in [0.29, 0.717) is 21.5 Å². The molecule has 3 rings (SSSR count). The van der Waals surface area contributed by atoms with Gasteiger partial charge in [-0.25, -0.2) is 0 Å². The van der Waals surface area contributed by atoms with E-state index in [1.165, 1.54) is 0 Å². The minimum absolute atomic E-state index is 0.185. The first kappa shape index (κ1) is 10.3. The summed E-state index contributed by atoms with van der Waals surface area (Å²) in [5.74, 6) is 0.381. The van der Waals surface area contributed by atoms with Crippen molar-refractivity contribution in [3.8, 4) is 11.5 Å². The first-order chi connectivity index (χ1) is 8.18. The molecule has 0 aliphatic rings. The van der Waals surface area contributed by atoms with Crippen LogP contribution in [0.5, 0.6) is 11.5 Å². The number of aromatic hydroxyl groups is 2.